The molecule has 94 valence electrons. The van der Waals surface area contributed by atoms with Crippen molar-refractivity contribution in [1.29, 1.82) is 0 Å². The van der Waals surface area contributed by atoms with Gasteiger partial charge in [0.2, 0.25) is 0 Å². The zero-order chi connectivity index (χ0) is 12.6. The summed E-state index contributed by atoms with van der Waals surface area (Å²) < 4.78 is 11.1. The summed E-state index contributed by atoms with van der Waals surface area (Å²) >= 11 is 0. The molecule has 1 aliphatic rings. The summed E-state index contributed by atoms with van der Waals surface area (Å²) in [7, 11) is 1.62. The Morgan fingerprint density at radius 1 is 1.35 bits per heavy atom. The zero-order valence-corrected chi connectivity index (χ0v) is 10.9. The molecule has 0 saturated heterocycles. The van der Waals surface area contributed by atoms with Crippen LogP contribution >= 0.6 is 0 Å². The lowest BCUT2D eigenvalue weighted by Gasteiger charge is -2.37. The van der Waals surface area contributed by atoms with Crippen molar-refractivity contribution in [3.63, 3.8) is 0 Å². The molecule has 2 rings (SSSR count). The monoisotopic (exact) mass is 236 g/mol. The van der Waals surface area contributed by atoms with E-state index in [1.54, 1.807) is 7.11 Å². The van der Waals surface area contributed by atoms with Crippen molar-refractivity contribution < 1.29 is 14.6 Å². The summed E-state index contributed by atoms with van der Waals surface area (Å²) in [6.45, 7) is 6.37. The predicted molar refractivity (Wildman–Crippen MR) is 66.4 cm³/mol. The van der Waals surface area contributed by atoms with Crippen molar-refractivity contribution in [2.24, 2.45) is 5.41 Å². The van der Waals surface area contributed by atoms with E-state index in [-0.39, 0.29) is 11.5 Å². The van der Waals surface area contributed by atoms with Gasteiger partial charge in [-0.1, -0.05) is 20.8 Å². The third kappa shape index (κ3) is 2.39. The van der Waals surface area contributed by atoms with E-state index in [0.29, 0.717) is 6.42 Å². The molecule has 0 radical (unpaired) electrons. The second kappa shape index (κ2) is 4.22. The number of methoxy groups -OCH3 is 1. The Morgan fingerprint density at radius 3 is 2.65 bits per heavy atom. The third-order valence-electron chi connectivity index (χ3n) is 3.25. The first kappa shape index (κ1) is 12.2. The Bertz CT molecular complexity index is 406. The summed E-state index contributed by atoms with van der Waals surface area (Å²) in [6, 6.07) is 5.57. The molecule has 2 atom stereocenters. The highest BCUT2D eigenvalue weighted by Gasteiger charge is 2.34. The van der Waals surface area contributed by atoms with E-state index in [0.717, 1.165) is 17.1 Å². The molecule has 1 heterocycles. The molecule has 0 spiro atoms. The van der Waals surface area contributed by atoms with Gasteiger partial charge in [0.25, 0.3) is 0 Å². The van der Waals surface area contributed by atoms with E-state index in [4.69, 9.17) is 9.47 Å². The Hall–Kier alpha value is -1.22. The van der Waals surface area contributed by atoms with Crippen LogP contribution in [0.3, 0.4) is 0 Å². The van der Waals surface area contributed by atoms with E-state index in [2.05, 4.69) is 20.8 Å². The number of aliphatic hydroxyl groups excluding tert-OH is 1. The highest BCUT2D eigenvalue weighted by Crippen LogP contribution is 2.41. The van der Waals surface area contributed by atoms with Crippen LogP contribution in [-0.2, 0) is 0 Å². The van der Waals surface area contributed by atoms with Crippen LogP contribution in [0.4, 0.5) is 0 Å². The lowest BCUT2D eigenvalue weighted by Crippen LogP contribution is -2.36. The molecule has 0 amide bonds. The Kier molecular flexibility index (Phi) is 3.04. The minimum Gasteiger partial charge on any atom is -0.497 e. The van der Waals surface area contributed by atoms with Crippen LogP contribution in [0.15, 0.2) is 18.2 Å². The number of fused-ring (bicyclic) bond motifs is 1. The minimum absolute atomic E-state index is 0.0264. The Labute approximate surface area is 102 Å². The highest BCUT2D eigenvalue weighted by atomic mass is 16.5. The van der Waals surface area contributed by atoms with Gasteiger partial charge in [0.1, 0.15) is 17.6 Å². The minimum atomic E-state index is -0.474. The van der Waals surface area contributed by atoms with Gasteiger partial charge in [-0.15, -0.1) is 0 Å². The summed E-state index contributed by atoms with van der Waals surface area (Å²) in [5, 5.41) is 10.2. The summed E-state index contributed by atoms with van der Waals surface area (Å²) in [4.78, 5) is 0. The van der Waals surface area contributed by atoms with Crippen LogP contribution in [0.1, 0.15) is 38.9 Å². The second-order valence-electron chi connectivity index (χ2n) is 5.63. The number of hydrogen-bond acceptors (Lipinski definition) is 3. The molecule has 0 fully saturated rings. The van der Waals surface area contributed by atoms with Crippen molar-refractivity contribution in [2.45, 2.75) is 39.4 Å². The first-order valence-electron chi connectivity index (χ1n) is 5.94. The van der Waals surface area contributed by atoms with Gasteiger partial charge >= 0.3 is 0 Å². The van der Waals surface area contributed by atoms with Crippen LogP contribution in [0.2, 0.25) is 0 Å². The fourth-order valence-corrected chi connectivity index (χ4v) is 2.08. The number of benzene rings is 1. The molecule has 0 bridgehead atoms. The SMILES string of the molecule is COc1ccc2c(c1)[C@H](O)CC(C(C)(C)C)O2. The van der Waals surface area contributed by atoms with E-state index >= 15 is 0 Å². The molecule has 1 aromatic carbocycles. The first-order chi connectivity index (χ1) is 7.91. The van der Waals surface area contributed by atoms with Crippen molar-refractivity contribution >= 4 is 0 Å². The topological polar surface area (TPSA) is 38.7 Å². The molecule has 0 aromatic heterocycles. The fraction of sp³-hybridized carbons (Fsp3) is 0.571. The molecule has 1 unspecified atom stereocenters. The Morgan fingerprint density at radius 2 is 2.06 bits per heavy atom. The molecule has 0 aliphatic carbocycles. The number of ether oxygens (including phenoxy) is 2. The maximum Gasteiger partial charge on any atom is 0.125 e. The van der Waals surface area contributed by atoms with Gasteiger partial charge in [0.15, 0.2) is 0 Å². The van der Waals surface area contributed by atoms with E-state index in [9.17, 15) is 5.11 Å². The van der Waals surface area contributed by atoms with Crippen LogP contribution in [0.5, 0.6) is 11.5 Å². The summed E-state index contributed by atoms with van der Waals surface area (Å²) in [5.41, 5.74) is 0.850. The lowest BCUT2D eigenvalue weighted by molar-refractivity contribution is 0.00786. The van der Waals surface area contributed by atoms with Crippen molar-refractivity contribution in [3.8, 4) is 11.5 Å². The number of rotatable bonds is 1. The van der Waals surface area contributed by atoms with Crippen molar-refractivity contribution in [1.82, 2.24) is 0 Å². The van der Waals surface area contributed by atoms with Gasteiger partial charge in [-0.05, 0) is 23.6 Å². The fourth-order valence-electron chi connectivity index (χ4n) is 2.08. The average molecular weight is 236 g/mol. The molecule has 1 aliphatic heterocycles. The maximum absolute atomic E-state index is 10.2. The molecular weight excluding hydrogens is 216 g/mol. The van der Waals surface area contributed by atoms with Crippen molar-refractivity contribution in [3.05, 3.63) is 23.8 Å². The normalized spacial score (nSPS) is 23.8. The molecule has 1 aromatic rings. The van der Waals surface area contributed by atoms with Gasteiger partial charge < -0.3 is 14.6 Å². The molecule has 0 saturated carbocycles. The lowest BCUT2D eigenvalue weighted by atomic mass is 9.83. The average Bonchev–Trinajstić information content (AvgIpc) is 2.27. The Balaban J connectivity index is 2.32. The zero-order valence-electron chi connectivity index (χ0n) is 10.9. The highest BCUT2D eigenvalue weighted by molar-refractivity contribution is 5.43. The first-order valence-corrected chi connectivity index (χ1v) is 5.94. The van der Waals surface area contributed by atoms with Gasteiger partial charge in [0.05, 0.1) is 13.2 Å². The van der Waals surface area contributed by atoms with Crippen LogP contribution < -0.4 is 9.47 Å². The van der Waals surface area contributed by atoms with Gasteiger partial charge in [-0.3, -0.25) is 0 Å². The number of aliphatic hydroxyl groups is 1. The predicted octanol–water partition coefficient (Wildman–Crippen LogP) is 2.93. The summed E-state index contributed by atoms with van der Waals surface area (Å²) in [6.07, 6.45) is 0.195. The second-order valence-corrected chi connectivity index (χ2v) is 5.63. The van der Waals surface area contributed by atoms with Gasteiger partial charge in [-0.25, -0.2) is 0 Å². The summed E-state index contributed by atoms with van der Waals surface area (Å²) in [5.74, 6) is 1.52. The van der Waals surface area contributed by atoms with Gasteiger partial charge in [0, 0.05) is 12.0 Å². The largest absolute Gasteiger partial charge is 0.497 e. The standard InChI is InChI=1S/C14H20O3/c1-14(2,3)13-8-11(15)10-7-9(16-4)5-6-12(10)17-13/h5-7,11,13,15H,8H2,1-4H3/t11-,13?/m1/s1. The molecule has 1 N–H and O–H groups in total. The molecule has 17 heavy (non-hydrogen) atoms. The van der Waals surface area contributed by atoms with Crippen LogP contribution in [-0.4, -0.2) is 18.3 Å². The van der Waals surface area contributed by atoms with Crippen LogP contribution in [0.25, 0.3) is 0 Å². The smallest absolute Gasteiger partial charge is 0.125 e. The molecule has 3 nitrogen and oxygen atoms in total. The van der Waals surface area contributed by atoms with Crippen LogP contribution in [0, 0.1) is 5.41 Å². The molecular formula is C14H20O3. The molecule has 3 heteroatoms. The van der Waals surface area contributed by atoms with E-state index in [1.165, 1.54) is 0 Å². The van der Waals surface area contributed by atoms with Crippen molar-refractivity contribution in [2.75, 3.05) is 7.11 Å². The van der Waals surface area contributed by atoms with Gasteiger partial charge in [-0.2, -0.15) is 0 Å². The van der Waals surface area contributed by atoms with E-state index in [1.807, 2.05) is 18.2 Å². The van der Waals surface area contributed by atoms with E-state index < -0.39 is 6.10 Å². The number of hydrogen-bond donors (Lipinski definition) is 1. The maximum atomic E-state index is 10.2. The quantitative estimate of drug-likeness (QED) is 0.814. The third-order valence-corrected chi connectivity index (χ3v) is 3.25.